The minimum Gasteiger partial charge on any atom is -0.363 e. The Labute approximate surface area is 215 Å². The lowest BCUT2D eigenvalue weighted by molar-refractivity contribution is -0.119. The molecule has 37 heavy (non-hydrogen) atoms. The number of aromatic nitrogens is 3. The molecule has 1 atom stereocenters. The van der Waals surface area contributed by atoms with Gasteiger partial charge in [-0.15, -0.1) is 16.9 Å². The number of hydrogen-bond donors (Lipinski definition) is 1. The van der Waals surface area contributed by atoms with Crippen LogP contribution in [-0.4, -0.2) is 64.4 Å². The lowest BCUT2D eigenvalue weighted by atomic mass is 10.1. The summed E-state index contributed by atoms with van der Waals surface area (Å²) in [6.07, 6.45) is 1.12. The van der Waals surface area contributed by atoms with Crippen LogP contribution in [-0.2, 0) is 11.3 Å². The van der Waals surface area contributed by atoms with Gasteiger partial charge in [-0.05, 0) is 24.1 Å². The molecule has 8 nitrogen and oxygen atoms in total. The van der Waals surface area contributed by atoms with Crippen molar-refractivity contribution in [3.63, 3.8) is 0 Å². The normalized spacial score (nSPS) is 19.1. The molecular formula is C25H25F3N6O2S. The molecule has 194 valence electrons. The van der Waals surface area contributed by atoms with Crippen molar-refractivity contribution in [3.8, 4) is 0 Å². The molecule has 1 aromatic heterocycles. The predicted octanol–water partition coefficient (Wildman–Crippen LogP) is 3.49. The first kappa shape index (κ1) is 25.1. The number of carbonyl (C=O) groups excluding carboxylic acids is 2. The highest BCUT2D eigenvalue weighted by Gasteiger charge is 2.40. The summed E-state index contributed by atoms with van der Waals surface area (Å²) in [4.78, 5) is 33.2. The number of benzene rings is 2. The van der Waals surface area contributed by atoms with Crippen molar-refractivity contribution in [2.45, 2.75) is 36.7 Å². The molecule has 0 unspecified atom stereocenters. The Bertz CT molecular complexity index is 1360. The van der Waals surface area contributed by atoms with E-state index in [1.54, 1.807) is 4.68 Å². The van der Waals surface area contributed by atoms with Gasteiger partial charge in [0.15, 0.2) is 0 Å². The number of amides is 2. The largest absolute Gasteiger partial charge is 0.363 e. The van der Waals surface area contributed by atoms with Gasteiger partial charge in [0.25, 0.3) is 11.8 Å². The van der Waals surface area contributed by atoms with Crippen LogP contribution in [0.15, 0.2) is 47.6 Å². The maximum atomic E-state index is 14.9. The average Bonchev–Trinajstić information content (AvgIpc) is 3.46. The van der Waals surface area contributed by atoms with Gasteiger partial charge in [-0.2, -0.15) is 0 Å². The number of hydrogen-bond acceptors (Lipinski definition) is 6. The Morgan fingerprint density at radius 1 is 1.24 bits per heavy atom. The maximum Gasteiger partial charge on any atom is 0.291 e. The number of rotatable bonds is 5. The van der Waals surface area contributed by atoms with Gasteiger partial charge in [0, 0.05) is 36.7 Å². The highest BCUT2D eigenvalue weighted by molar-refractivity contribution is 7.99. The number of likely N-dealkylation sites (N-methyl/N-ethyl adjacent to an activating group) is 1. The summed E-state index contributed by atoms with van der Waals surface area (Å²) in [5.74, 6) is -4.48. The number of nitrogens with zero attached hydrogens (tertiary/aromatic N) is 5. The van der Waals surface area contributed by atoms with Crippen LogP contribution in [0.4, 0.5) is 24.5 Å². The number of halogens is 3. The predicted molar refractivity (Wildman–Crippen MR) is 134 cm³/mol. The van der Waals surface area contributed by atoms with E-state index in [1.807, 2.05) is 31.2 Å². The quantitative estimate of drug-likeness (QED) is 0.544. The summed E-state index contributed by atoms with van der Waals surface area (Å²) in [6, 6.07) is 9.58. The second-order valence-electron chi connectivity index (χ2n) is 9.23. The topological polar surface area (TPSA) is 83.4 Å². The molecule has 0 aliphatic carbocycles. The molecule has 2 aromatic carbocycles. The lowest BCUT2D eigenvalue weighted by Gasteiger charge is -2.24. The van der Waals surface area contributed by atoms with Crippen LogP contribution >= 0.6 is 11.8 Å². The molecule has 3 aromatic rings. The molecule has 5 rings (SSSR count). The number of alkyl halides is 2. The van der Waals surface area contributed by atoms with Crippen molar-refractivity contribution in [1.82, 2.24) is 20.1 Å². The lowest BCUT2D eigenvalue weighted by Crippen LogP contribution is -2.48. The van der Waals surface area contributed by atoms with Crippen LogP contribution in [0.3, 0.4) is 0 Å². The number of fused-ring (bicyclic) bond motifs is 1. The molecule has 2 amide bonds. The average molecular weight is 531 g/mol. The molecule has 0 radical (unpaired) electrons. The standard InChI is InChI=1S/C25H25F3N6O2S/c1-15-5-3-4-6-16(15)11-34-14-29-22(31-34)23(35)30-18-12-37-21-10-19(33-8-7-25(27,28)13-33)17(26)9-20(21)32(2)24(18)36/h3-6,9-10,14,18H,7-8,11-13H2,1-2H3,(H,30,35)/t18-/m0/s1. The van der Waals surface area contributed by atoms with E-state index in [0.717, 1.165) is 11.1 Å². The Morgan fingerprint density at radius 3 is 2.76 bits per heavy atom. The minimum atomic E-state index is -2.87. The van der Waals surface area contributed by atoms with Gasteiger partial charge in [-0.1, -0.05) is 24.3 Å². The fourth-order valence-corrected chi connectivity index (χ4v) is 5.56. The number of aryl methyl sites for hydroxylation is 1. The van der Waals surface area contributed by atoms with Crippen molar-refractivity contribution >= 4 is 35.0 Å². The van der Waals surface area contributed by atoms with Gasteiger partial charge >= 0.3 is 0 Å². The third-order valence-electron chi connectivity index (χ3n) is 6.57. The van der Waals surface area contributed by atoms with Crippen LogP contribution in [0.2, 0.25) is 0 Å². The molecule has 2 aliphatic heterocycles. The number of nitrogens with one attached hydrogen (secondary N) is 1. The van der Waals surface area contributed by atoms with E-state index in [2.05, 4.69) is 15.4 Å². The van der Waals surface area contributed by atoms with E-state index in [9.17, 15) is 22.8 Å². The third-order valence-corrected chi connectivity index (χ3v) is 7.71. The van der Waals surface area contributed by atoms with E-state index in [4.69, 9.17) is 0 Å². The zero-order chi connectivity index (χ0) is 26.3. The van der Waals surface area contributed by atoms with E-state index < -0.39 is 36.1 Å². The van der Waals surface area contributed by atoms with Crippen LogP contribution in [0.5, 0.6) is 0 Å². The summed E-state index contributed by atoms with van der Waals surface area (Å²) >= 11 is 1.25. The highest BCUT2D eigenvalue weighted by Crippen LogP contribution is 2.40. The van der Waals surface area contributed by atoms with Gasteiger partial charge in [-0.25, -0.2) is 22.8 Å². The Hall–Kier alpha value is -3.54. The first-order chi connectivity index (χ1) is 17.6. The van der Waals surface area contributed by atoms with Crippen molar-refractivity contribution in [3.05, 3.63) is 65.5 Å². The molecule has 1 N–H and O–H groups in total. The monoisotopic (exact) mass is 530 g/mol. The van der Waals surface area contributed by atoms with Crippen LogP contribution in [0, 0.1) is 12.7 Å². The van der Waals surface area contributed by atoms with Crippen molar-refractivity contribution in [2.75, 3.05) is 35.7 Å². The smallest absolute Gasteiger partial charge is 0.291 e. The van der Waals surface area contributed by atoms with Crippen molar-refractivity contribution < 1.29 is 22.8 Å². The Morgan fingerprint density at radius 2 is 2.03 bits per heavy atom. The van der Waals surface area contributed by atoms with Gasteiger partial charge in [0.1, 0.15) is 18.2 Å². The zero-order valence-corrected chi connectivity index (χ0v) is 21.1. The molecule has 0 saturated carbocycles. The molecule has 3 heterocycles. The van der Waals surface area contributed by atoms with Crippen LogP contribution in [0.25, 0.3) is 0 Å². The molecule has 12 heteroatoms. The van der Waals surface area contributed by atoms with Crippen molar-refractivity contribution in [1.29, 1.82) is 0 Å². The summed E-state index contributed by atoms with van der Waals surface area (Å²) in [6.45, 7) is 1.92. The van der Waals surface area contributed by atoms with E-state index in [1.165, 1.54) is 47.1 Å². The summed E-state index contributed by atoms with van der Waals surface area (Å²) in [5.41, 5.74) is 2.53. The Balaban J connectivity index is 1.29. The summed E-state index contributed by atoms with van der Waals surface area (Å²) < 4.78 is 43.8. The first-order valence-corrected chi connectivity index (χ1v) is 12.7. The fourth-order valence-electron chi connectivity index (χ4n) is 4.45. The molecule has 0 bridgehead atoms. The zero-order valence-electron chi connectivity index (χ0n) is 20.2. The van der Waals surface area contributed by atoms with Crippen LogP contribution in [0.1, 0.15) is 28.2 Å². The Kier molecular flexibility index (Phi) is 6.61. The molecular weight excluding hydrogens is 505 g/mol. The minimum absolute atomic E-state index is 0.0459. The van der Waals surface area contributed by atoms with E-state index in [-0.39, 0.29) is 30.2 Å². The number of anilines is 2. The van der Waals surface area contributed by atoms with E-state index in [0.29, 0.717) is 17.1 Å². The van der Waals surface area contributed by atoms with Gasteiger partial charge in [-0.3, -0.25) is 9.59 Å². The SMILES string of the molecule is Cc1ccccc1Cn1cnc(C(=O)N[C@H]2CSc3cc(N4CCC(F)(F)C4)c(F)cc3N(C)C2=O)n1. The van der Waals surface area contributed by atoms with Crippen LogP contribution < -0.4 is 15.1 Å². The molecule has 1 fully saturated rings. The maximum absolute atomic E-state index is 14.9. The fraction of sp³-hybridized carbons (Fsp3) is 0.360. The van der Waals surface area contributed by atoms with Gasteiger partial charge in [0.2, 0.25) is 11.7 Å². The third kappa shape index (κ3) is 5.15. The molecule has 1 saturated heterocycles. The van der Waals surface area contributed by atoms with Gasteiger partial charge in [0.05, 0.1) is 24.5 Å². The number of thioether (sulfide) groups is 1. The molecule has 2 aliphatic rings. The second kappa shape index (κ2) is 9.73. The van der Waals surface area contributed by atoms with Gasteiger partial charge < -0.3 is 15.1 Å². The highest BCUT2D eigenvalue weighted by atomic mass is 32.2. The van der Waals surface area contributed by atoms with E-state index >= 15 is 0 Å². The second-order valence-corrected chi connectivity index (χ2v) is 10.3. The summed E-state index contributed by atoms with van der Waals surface area (Å²) in [5, 5.41) is 6.92. The number of carbonyl (C=O) groups is 2. The molecule has 0 spiro atoms. The first-order valence-electron chi connectivity index (χ1n) is 11.7. The summed E-state index contributed by atoms with van der Waals surface area (Å²) in [7, 11) is 1.49. The van der Waals surface area contributed by atoms with Crippen molar-refractivity contribution in [2.24, 2.45) is 0 Å².